The molecule has 9 heteroatoms. The molecule has 0 aliphatic carbocycles. The molecule has 0 amide bonds. The van der Waals surface area contributed by atoms with Crippen molar-refractivity contribution < 1.29 is 27.6 Å². The minimum Gasteiger partial charge on any atom is -0.508 e. The number of ether oxygens (including phenoxy) is 1. The lowest BCUT2D eigenvalue weighted by Gasteiger charge is -2.10. The number of rotatable bonds is 6. The maximum absolute atomic E-state index is 12.2. The van der Waals surface area contributed by atoms with E-state index in [1.165, 1.54) is 48.5 Å². The number of phenols is 2. The second-order valence-electron chi connectivity index (χ2n) is 6.18. The second-order valence-corrected chi connectivity index (χ2v) is 8.54. The molecule has 0 atom stereocenters. The van der Waals surface area contributed by atoms with Gasteiger partial charge in [-0.15, -0.1) is 0 Å². The van der Waals surface area contributed by atoms with E-state index in [0.29, 0.717) is 10.8 Å². The average Bonchev–Trinajstić information content (AvgIpc) is 2.72. The molecule has 0 saturated heterocycles. The van der Waals surface area contributed by atoms with Gasteiger partial charge in [0.2, 0.25) is 0 Å². The fourth-order valence-electron chi connectivity index (χ4n) is 2.18. The van der Waals surface area contributed by atoms with Crippen LogP contribution in [0, 0.1) is 6.92 Å². The largest absolute Gasteiger partial charge is 0.508 e. The summed E-state index contributed by atoms with van der Waals surface area (Å²) in [6.45, 7) is 5.67. The lowest BCUT2D eigenvalue weighted by molar-refractivity contribution is 0.362. The first kappa shape index (κ1) is 24.4. The molecule has 0 aliphatic rings. The summed E-state index contributed by atoms with van der Waals surface area (Å²) in [5.74, 6) is 0.371. The Bertz CT molecular complexity index is 1150. The quantitative estimate of drug-likeness (QED) is 0.344. The Morgan fingerprint density at radius 3 is 2.19 bits per heavy atom. The van der Waals surface area contributed by atoms with E-state index in [-0.39, 0.29) is 33.8 Å². The maximum Gasteiger partial charge on any atom is 0.339 e. The number of aromatic hydroxyl groups is 2. The Morgan fingerprint density at radius 1 is 0.968 bits per heavy atom. The molecular weight excluding hydrogens is 463 g/mol. The fourth-order valence-corrected chi connectivity index (χ4v) is 3.39. The molecule has 0 spiro atoms. The normalized spacial score (nSPS) is 10.5. The molecule has 6 nitrogen and oxygen atoms in total. The van der Waals surface area contributed by atoms with E-state index >= 15 is 0 Å². The minimum absolute atomic E-state index is 0.0110. The predicted molar refractivity (Wildman–Crippen MR) is 121 cm³/mol. The van der Waals surface area contributed by atoms with Gasteiger partial charge in [-0.2, -0.15) is 8.42 Å². The summed E-state index contributed by atoms with van der Waals surface area (Å²) in [5, 5.41) is 18.1. The molecule has 0 aliphatic heterocycles. The molecule has 0 heterocycles. The van der Waals surface area contributed by atoms with Gasteiger partial charge in [-0.05, 0) is 43.3 Å². The number of hydrogen-bond acceptors (Lipinski definition) is 6. The standard InChI is InChI=1S/C16H15ClO4S.C6H5ClO2/c1-3-10-20-16-11-13(6-9-15(16)17)21-22(18,19)14-7-4-12(2)5-8-14;7-5-2-1-4(8)3-6(5)9/h3-9,11H,1,10H2,2H3;1-3,8-9H. The summed E-state index contributed by atoms with van der Waals surface area (Å²) in [6.07, 6.45) is 1.56. The molecule has 3 rings (SSSR count). The fraction of sp³-hybridized carbons (Fsp3) is 0.0909. The molecule has 0 aromatic heterocycles. The highest BCUT2D eigenvalue weighted by atomic mass is 35.5. The van der Waals surface area contributed by atoms with Crippen LogP contribution in [-0.4, -0.2) is 25.2 Å². The summed E-state index contributed by atoms with van der Waals surface area (Å²) >= 11 is 11.4. The summed E-state index contributed by atoms with van der Waals surface area (Å²) in [7, 11) is -3.90. The number of benzene rings is 3. The molecule has 2 N–H and O–H groups in total. The molecule has 3 aromatic rings. The summed E-state index contributed by atoms with van der Waals surface area (Å²) in [4.78, 5) is 0.0848. The van der Waals surface area contributed by atoms with Gasteiger partial charge >= 0.3 is 10.1 Å². The van der Waals surface area contributed by atoms with E-state index in [0.717, 1.165) is 5.56 Å². The number of aryl methyl sites for hydroxylation is 1. The number of phenolic OH excluding ortho intramolecular Hbond substituents is 2. The first-order valence-corrected chi connectivity index (χ1v) is 11.0. The highest BCUT2D eigenvalue weighted by Gasteiger charge is 2.17. The van der Waals surface area contributed by atoms with Crippen molar-refractivity contribution in [3.8, 4) is 23.0 Å². The first-order chi connectivity index (χ1) is 14.6. The van der Waals surface area contributed by atoms with E-state index < -0.39 is 10.1 Å². The van der Waals surface area contributed by atoms with Crippen LogP contribution in [0.1, 0.15) is 5.56 Å². The highest BCUT2D eigenvalue weighted by molar-refractivity contribution is 7.87. The van der Waals surface area contributed by atoms with Crippen molar-refractivity contribution in [2.75, 3.05) is 6.61 Å². The molecule has 0 saturated carbocycles. The van der Waals surface area contributed by atoms with Crippen LogP contribution in [0.25, 0.3) is 0 Å². The monoisotopic (exact) mass is 482 g/mol. The summed E-state index contributed by atoms with van der Waals surface area (Å²) in [5.41, 5.74) is 0.963. The van der Waals surface area contributed by atoms with Gasteiger partial charge in [0.05, 0.1) is 10.0 Å². The van der Waals surface area contributed by atoms with Crippen LogP contribution in [-0.2, 0) is 10.1 Å². The zero-order valence-corrected chi connectivity index (χ0v) is 18.8. The third kappa shape index (κ3) is 7.40. The van der Waals surface area contributed by atoms with Crippen LogP contribution in [0.5, 0.6) is 23.0 Å². The van der Waals surface area contributed by atoms with E-state index in [9.17, 15) is 8.42 Å². The van der Waals surface area contributed by atoms with E-state index in [2.05, 4.69) is 6.58 Å². The highest BCUT2D eigenvalue weighted by Crippen LogP contribution is 2.30. The predicted octanol–water partition coefficient (Wildman–Crippen LogP) is 5.73. The van der Waals surface area contributed by atoms with Crippen LogP contribution in [0.15, 0.2) is 78.2 Å². The summed E-state index contributed by atoms with van der Waals surface area (Å²) in [6, 6.07) is 14.8. The average molecular weight is 483 g/mol. The smallest absolute Gasteiger partial charge is 0.339 e. The molecule has 3 aromatic carbocycles. The van der Waals surface area contributed by atoms with Gasteiger partial charge in [0.1, 0.15) is 34.5 Å². The Balaban J connectivity index is 0.000000316. The van der Waals surface area contributed by atoms with Gasteiger partial charge in [0, 0.05) is 12.1 Å². The molecular formula is C22H20Cl2O6S. The molecule has 0 fully saturated rings. The van der Waals surface area contributed by atoms with Gasteiger partial charge in [-0.25, -0.2) is 0 Å². The van der Waals surface area contributed by atoms with Gasteiger partial charge in [0.25, 0.3) is 0 Å². The molecule has 0 radical (unpaired) electrons. The van der Waals surface area contributed by atoms with Crippen LogP contribution in [0.4, 0.5) is 0 Å². The Morgan fingerprint density at radius 2 is 1.61 bits per heavy atom. The van der Waals surface area contributed by atoms with Crippen molar-refractivity contribution >= 4 is 33.3 Å². The van der Waals surface area contributed by atoms with E-state index in [4.69, 9.17) is 42.3 Å². The van der Waals surface area contributed by atoms with Crippen LogP contribution in [0.2, 0.25) is 10.0 Å². The van der Waals surface area contributed by atoms with Crippen LogP contribution in [0.3, 0.4) is 0 Å². The Labute approximate surface area is 191 Å². The number of hydrogen-bond donors (Lipinski definition) is 2. The lowest BCUT2D eigenvalue weighted by Crippen LogP contribution is -2.09. The van der Waals surface area contributed by atoms with E-state index in [1.54, 1.807) is 18.2 Å². The van der Waals surface area contributed by atoms with Gasteiger partial charge in [-0.3, -0.25) is 0 Å². The van der Waals surface area contributed by atoms with E-state index in [1.807, 2.05) is 6.92 Å². The topological polar surface area (TPSA) is 93.1 Å². The van der Waals surface area contributed by atoms with Crippen LogP contribution >= 0.6 is 23.2 Å². The van der Waals surface area contributed by atoms with Crippen molar-refractivity contribution in [3.63, 3.8) is 0 Å². The minimum atomic E-state index is -3.90. The third-order valence-corrected chi connectivity index (χ3v) is 5.60. The second kappa shape index (κ2) is 10.9. The van der Waals surface area contributed by atoms with Gasteiger partial charge < -0.3 is 19.1 Å². The van der Waals surface area contributed by atoms with Crippen molar-refractivity contribution in [2.24, 2.45) is 0 Å². The Kier molecular flexibility index (Phi) is 8.62. The zero-order chi connectivity index (χ0) is 23.0. The molecule has 0 unspecified atom stereocenters. The molecule has 0 bridgehead atoms. The lowest BCUT2D eigenvalue weighted by atomic mass is 10.2. The first-order valence-electron chi connectivity index (χ1n) is 8.84. The van der Waals surface area contributed by atoms with Crippen LogP contribution < -0.4 is 8.92 Å². The summed E-state index contributed by atoms with van der Waals surface area (Å²) < 4.78 is 34.9. The van der Waals surface area contributed by atoms with Gasteiger partial charge in [-0.1, -0.05) is 53.6 Å². The van der Waals surface area contributed by atoms with Crippen molar-refractivity contribution in [1.29, 1.82) is 0 Å². The van der Waals surface area contributed by atoms with Crippen molar-refractivity contribution in [2.45, 2.75) is 11.8 Å². The SMILES string of the molecule is C=CCOc1cc(OS(=O)(=O)c2ccc(C)cc2)ccc1Cl.Oc1ccc(Cl)c(O)c1. The Hall–Kier alpha value is -2.87. The maximum atomic E-state index is 12.2. The van der Waals surface area contributed by atoms with Crippen molar-refractivity contribution in [3.05, 3.63) is 88.9 Å². The van der Waals surface area contributed by atoms with Gasteiger partial charge in [0.15, 0.2) is 0 Å². The molecule has 31 heavy (non-hydrogen) atoms. The molecule has 164 valence electrons. The van der Waals surface area contributed by atoms with Crippen molar-refractivity contribution in [1.82, 2.24) is 0 Å². The zero-order valence-electron chi connectivity index (χ0n) is 16.5. The third-order valence-electron chi connectivity index (χ3n) is 3.70. The number of halogens is 2.